The molecule has 39 heavy (non-hydrogen) atoms. The largest absolute Gasteiger partial charge is 0.478 e. The van der Waals surface area contributed by atoms with Gasteiger partial charge >= 0.3 is 11.9 Å². The lowest BCUT2D eigenvalue weighted by Gasteiger charge is -2.49. The van der Waals surface area contributed by atoms with Crippen molar-refractivity contribution in [2.45, 2.75) is 43.7 Å². The number of likely N-dealkylation sites (tertiary alicyclic amines) is 1. The van der Waals surface area contributed by atoms with E-state index in [9.17, 15) is 29.4 Å². The van der Waals surface area contributed by atoms with Crippen molar-refractivity contribution in [3.05, 3.63) is 34.5 Å². The molecule has 13 nitrogen and oxygen atoms in total. The number of carbonyl (C=O) groups is 4. The summed E-state index contributed by atoms with van der Waals surface area (Å²) in [5, 5.41) is 26.5. The summed E-state index contributed by atoms with van der Waals surface area (Å²) in [5.41, 5.74) is 4.07. The van der Waals surface area contributed by atoms with Gasteiger partial charge in [0.2, 0.25) is 5.60 Å². The van der Waals surface area contributed by atoms with E-state index < -0.39 is 40.8 Å². The van der Waals surface area contributed by atoms with E-state index >= 15 is 0 Å². The molecule has 0 aliphatic carbocycles. The first kappa shape index (κ1) is 28.6. The molecule has 0 spiro atoms. The Hall–Kier alpha value is -3.43. The average Bonchev–Trinajstić information content (AvgIpc) is 3.50. The molecule has 2 fully saturated rings. The maximum absolute atomic E-state index is 13.2. The number of likely N-dealkylation sites (N-methyl/N-ethyl adjacent to an activating group) is 1. The van der Waals surface area contributed by atoms with E-state index in [1.165, 1.54) is 48.7 Å². The molecule has 0 bridgehead atoms. The Morgan fingerprint density at radius 2 is 2.03 bits per heavy atom. The van der Waals surface area contributed by atoms with Gasteiger partial charge in [0, 0.05) is 24.0 Å². The van der Waals surface area contributed by atoms with Crippen LogP contribution in [-0.2, 0) is 24.0 Å². The number of nitrogen functional groups attached to an aromatic ring is 1. The normalized spacial score (nSPS) is 23.0. The van der Waals surface area contributed by atoms with E-state index in [1.54, 1.807) is 6.08 Å². The fourth-order valence-corrected chi connectivity index (χ4v) is 6.38. The van der Waals surface area contributed by atoms with Crippen LogP contribution >= 0.6 is 23.1 Å². The third-order valence-electron chi connectivity index (χ3n) is 6.86. The first-order valence-corrected chi connectivity index (χ1v) is 14.2. The van der Waals surface area contributed by atoms with Gasteiger partial charge in [-0.05, 0) is 25.5 Å². The number of thiazole rings is 1. The molecule has 1 aromatic heterocycles. The second-order valence-corrected chi connectivity index (χ2v) is 12.3. The van der Waals surface area contributed by atoms with Gasteiger partial charge in [0.15, 0.2) is 10.8 Å². The van der Waals surface area contributed by atoms with Crippen molar-refractivity contribution < 1.29 is 38.7 Å². The van der Waals surface area contributed by atoms with Gasteiger partial charge in [-0.1, -0.05) is 11.2 Å². The zero-order valence-electron chi connectivity index (χ0n) is 21.7. The first-order chi connectivity index (χ1) is 18.3. The smallest absolute Gasteiger partial charge is 0.352 e. The molecule has 3 aliphatic rings. The van der Waals surface area contributed by atoms with Crippen LogP contribution in [0.25, 0.3) is 0 Å². The van der Waals surface area contributed by atoms with Crippen molar-refractivity contribution in [1.29, 1.82) is 0 Å². The highest BCUT2D eigenvalue weighted by Crippen LogP contribution is 2.40. The van der Waals surface area contributed by atoms with Gasteiger partial charge in [-0.2, -0.15) is 0 Å². The summed E-state index contributed by atoms with van der Waals surface area (Å²) in [4.78, 5) is 60.1. The molecule has 1 unspecified atom stereocenters. The number of oxime groups is 1. The SMILES string of the molecule is CC(C)(O/N=C(\C(=O)NC1C(=O)N2C(C(=O)O)=C(C=CC[N+]3(C)CCCC3)CS[C@@H]12)c1csc(N)n1)C(=O)O. The minimum Gasteiger partial charge on any atom is -0.478 e. The number of carbonyl (C=O) groups excluding carboxylic acids is 2. The quantitative estimate of drug-likeness (QED) is 0.134. The summed E-state index contributed by atoms with van der Waals surface area (Å²) in [6.07, 6.45) is 6.10. The zero-order valence-corrected chi connectivity index (χ0v) is 23.4. The number of nitrogens with one attached hydrogen (secondary N) is 1. The topological polar surface area (TPSA) is 185 Å². The van der Waals surface area contributed by atoms with Gasteiger partial charge in [-0.3, -0.25) is 14.5 Å². The number of aliphatic carboxylic acids is 2. The second kappa shape index (κ2) is 11.0. The zero-order chi connectivity index (χ0) is 28.5. The summed E-state index contributed by atoms with van der Waals surface area (Å²) in [7, 11) is 2.17. The number of nitrogens with two attached hydrogens (primary N) is 1. The summed E-state index contributed by atoms with van der Waals surface area (Å²) < 4.78 is 0.903. The number of amides is 2. The second-order valence-electron chi connectivity index (χ2n) is 10.3. The van der Waals surface area contributed by atoms with E-state index in [-0.39, 0.29) is 22.2 Å². The lowest BCUT2D eigenvalue weighted by atomic mass is 10.0. The first-order valence-electron chi connectivity index (χ1n) is 12.3. The minimum absolute atomic E-state index is 0.0454. The van der Waals surface area contributed by atoms with Crippen LogP contribution in [0.4, 0.5) is 5.13 Å². The van der Waals surface area contributed by atoms with E-state index in [2.05, 4.69) is 22.5 Å². The van der Waals surface area contributed by atoms with Crippen LogP contribution in [0.2, 0.25) is 0 Å². The highest BCUT2D eigenvalue weighted by atomic mass is 32.2. The maximum Gasteiger partial charge on any atom is 0.352 e. The van der Waals surface area contributed by atoms with Crippen LogP contribution in [0, 0.1) is 0 Å². The third-order valence-corrected chi connectivity index (χ3v) is 8.83. The Morgan fingerprint density at radius 3 is 2.62 bits per heavy atom. The van der Waals surface area contributed by atoms with Gasteiger partial charge in [0.05, 0.1) is 26.7 Å². The van der Waals surface area contributed by atoms with Crippen LogP contribution in [0.3, 0.4) is 0 Å². The van der Waals surface area contributed by atoms with Gasteiger partial charge < -0.3 is 30.6 Å². The third kappa shape index (κ3) is 5.94. The molecule has 2 amide bonds. The highest BCUT2D eigenvalue weighted by Gasteiger charge is 2.54. The van der Waals surface area contributed by atoms with Crippen LogP contribution in [0.5, 0.6) is 0 Å². The summed E-state index contributed by atoms with van der Waals surface area (Å²) in [6, 6.07) is -1.02. The number of aromatic nitrogens is 1. The number of anilines is 1. The molecular formula is C24H31N6O7S2+. The molecule has 0 saturated carbocycles. The monoisotopic (exact) mass is 579 g/mol. The molecule has 2 saturated heterocycles. The number of carboxylic acids is 2. The summed E-state index contributed by atoms with van der Waals surface area (Å²) in [6.45, 7) is 5.45. The molecule has 15 heteroatoms. The standard InChI is InChI=1S/C24H30N6O7S2/c1-24(2,22(35)36)37-28-15(14-12-39-23(25)26-14)18(31)27-16-19(32)29-17(21(33)34)13(11-38-20(16)29)7-6-10-30(3)8-4-5-9-30/h6-7,12,16,20H,4-5,8-11H2,1-3H3,(H4-,25,26,27,31,33,34,35,36)/p+1/b7-6?,28-15-/t16?,20-/m0/s1. The summed E-state index contributed by atoms with van der Waals surface area (Å²) >= 11 is 2.38. The number of carboxylic acid groups (broad SMARTS) is 2. The molecule has 5 N–H and O–H groups in total. The molecule has 3 aliphatic heterocycles. The van der Waals surface area contributed by atoms with Crippen molar-refractivity contribution >= 4 is 57.7 Å². The number of hydrogen-bond donors (Lipinski definition) is 4. The van der Waals surface area contributed by atoms with Crippen LogP contribution in [-0.4, -0.2) is 103 Å². The molecule has 0 aromatic carbocycles. The Morgan fingerprint density at radius 1 is 1.33 bits per heavy atom. The van der Waals surface area contributed by atoms with Crippen molar-refractivity contribution in [2.75, 3.05) is 38.2 Å². The van der Waals surface area contributed by atoms with Gasteiger partial charge in [-0.15, -0.1) is 23.1 Å². The lowest BCUT2D eigenvalue weighted by molar-refractivity contribution is -0.891. The number of allylic oxidation sites excluding steroid dienone is 1. The number of rotatable bonds is 10. The molecule has 4 heterocycles. The number of thioether (sulfide) groups is 1. The Kier molecular flexibility index (Phi) is 8.04. The lowest BCUT2D eigenvalue weighted by Crippen LogP contribution is -2.71. The highest BCUT2D eigenvalue weighted by molar-refractivity contribution is 8.00. The van der Waals surface area contributed by atoms with Gasteiger partial charge in [-0.25, -0.2) is 14.6 Å². The number of fused-ring (bicyclic) bond motifs is 1. The fourth-order valence-electron chi connectivity index (χ4n) is 4.51. The Balaban J connectivity index is 1.51. The van der Waals surface area contributed by atoms with Crippen LogP contribution < -0.4 is 11.1 Å². The molecule has 2 atom stereocenters. The van der Waals surface area contributed by atoms with Crippen molar-refractivity contribution in [3.8, 4) is 0 Å². The Labute approximate surface area is 232 Å². The van der Waals surface area contributed by atoms with Crippen LogP contribution in [0.1, 0.15) is 32.4 Å². The number of hydrogen-bond acceptors (Lipinski definition) is 10. The van der Waals surface area contributed by atoms with Crippen LogP contribution in [0.15, 0.2) is 34.0 Å². The number of β-lactam (4-membered cyclic amide) rings is 1. The fraction of sp³-hybridized carbons (Fsp3) is 0.500. The molecule has 1 aromatic rings. The predicted molar refractivity (Wildman–Crippen MR) is 145 cm³/mol. The van der Waals surface area contributed by atoms with Gasteiger partial charge in [0.1, 0.15) is 22.8 Å². The van der Waals surface area contributed by atoms with Crippen molar-refractivity contribution in [2.24, 2.45) is 5.16 Å². The average molecular weight is 580 g/mol. The maximum atomic E-state index is 13.2. The van der Waals surface area contributed by atoms with E-state index in [0.717, 1.165) is 35.5 Å². The van der Waals surface area contributed by atoms with E-state index in [0.29, 0.717) is 11.3 Å². The van der Waals surface area contributed by atoms with Gasteiger partial charge in [0.25, 0.3) is 11.8 Å². The molecular weight excluding hydrogens is 548 g/mol. The number of nitrogens with zero attached hydrogens (tertiary/aromatic N) is 4. The van der Waals surface area contributed by atoms with E-state index in [4.69, 9.17) is 10.6 Å². The predicted octanol–water partition coefficient (Wildman–Crippen LogP) is 0.844. The van der Waals surface area contributed by atoms with Crippen molar-refractivity contribution in [1.82, 2.24) is 15.2 Å². The van der Waals surface area contributed by atoms with E-state index in [1.807, 2.05) is 6.08 Å². The molecule has 210 valence electrons. The summed E-state index contributed by atoms with van der Waals surface area (Å²) in [5.74, 6) is -3.59. The molecule has 4 rings (SSSR count). The van der Waals surface area contributed by atoms with Crippen molar-refractivity contribution in [3.63, 3.8) is 0 Å². The minimum atomic E-state index is -1.74. The number of quaternary nitrogens is 1. The Bertz CT molecular complexity index is 1280. The molecule has 0 radical (unpaired) electrons.